The summed E-state index contributed by atoms with van der Waals surface area (Å²) in [7, 11) is 0. The molecule has 3 rings (SSSR count). The SMILES string of the molecule is Cc1cc(Br)ccc1Nc1nccc(NCCc2ccccc2)n1. The van der Waals surface area contributed by atoms with E-state index in [1.165, 1.54) is 5.56 Å². The molecule has 0 radical (unpaired) electrons. The molecular weight excluding hydrogens is 364 g/mol. The first kappa shape index (κ1) is 16.5. The Hall–Kier alpha value is -2.40. The van der Waals surface area contributed by atoms with Gasteiger partial charge in [-0.2, -0.15) is 4.98 Å². The van der Waals surface area contributed by atoms with Crippen LogP contribution in [-0.2, 0) is 6.42 Å². The number of benzene rings is 2. The highest BCUT2D eigenvalue weighted by molar-refractivity contribution is 9.10. The first-order valence-electron chi connectivity index (χ1n) is 7.85. The molecule has 0 fully saturated rings. The summed E-state index contributed by atoms with van der Waals surface area (Å²) < 4.78 is 1.06. The summed E-state index contributed by atoms with van der Waals surface area (Å²) in [5.74, 6) is 1.41. The highest BCUT2D eigenvalue weighted by Gasteiger charge is 2.03. The van der Waals surface area contributed by atoms with Crippen LogP contribution in [0.5, 0.6) is 0 Å². The van der Waals surface area contributed by atoms with Crippen molar-refractivity contribution in [3.05, 3.63) is 76.4 Å². The Labute approximate surface area is 150 Å². The zero-order valence-corrected chi connectivity index (χ0v) is 15.0. The zero-order valence-electron chi connectivity index (χ0n) is 13.5. The van der Waals surface area contributed by atoms with E-state index in [0.717, 1.165) is 34.5 Å². The number of nitrogens with one attached hydrogen (secondary N) is 2. The number of hydrogen-bond donors (Lipinski definition) is 2. The minimum Gasteiger partial charge on any atom is -0.370 e. The largest absolute Gasteiger partial charge is 0.370 e. The average molecular weight is 383 g/mol. The Morgan fingerprint density at radius 3 is 2.67 bits per heavy atom. The van der Waals surface area contributed by atoms with Crippen molar-refractivity contribution >= 4 is 33.4 Å². The zero-order chi connectivity index (χ0) is 16.8. The predicted molar refractivity (Wildman–Crippen MR) is 103 cm³/mol. The summed E-state index contributed by atoms with van der Waals surface area (Å²) >= 11 is 3.47. The summed E-state index contributed by atoms with van der Waals surface area (Å²) in [6.07, 6.45) is 2.72. The normalized spacial score (nSPS) is 10.4. The Balaban J connectivity index is 1.61. The minimum atomic E-state index is 0.588. The number of rotatable bonds is 6. The molecule has 1 aromatic heterocycles. The van der Waals surface area contributed by atoms with Crippen LogP contribution < -0.4 is 10.6 Å². The molecule has 24 heavy (non-hydrogen) atoms. The topological polar surface area (TPSA) is 49.8 Å². The monoisotopic (exact) mass is 382 g/mol. The van der Waals surface area contributed by atoms with E-state index in [2.05, 4.69) is 73.8 Å². The van der Waals surface area contributed by atoms with Gasteiger partial charge in [-0.1, -0.05) is 46.3 Å². The van der Waals surface area contributed by atoms with Crippen molar-refractivity contribution in [1.82, 2.24) is 9.97 Å². The number of aryl methyl sites for hydroxylation is 1. The molecule has 0 amide bonds. The van der Waals surface area contributed by atoms with E-state index >= 15 is 0 Å². The van der Waals surface area contributed by atoms with E-state index in [0.29, 0.717) is 5.95 Å². The van der Waals surface area contributed by atoms with E-state index < -0.39 is 0 Å². The number of anilines is 3. The summed E-state index contributed by atoms with van der Waals surface area (Å²) in [4.78, 5) is 8.81. The standard InChI is InChI=1S/C19H19BrN4/c1-14-13-16(20)7-8-17(14)23-19-22-12-10-18(24-19)21-11-9-15-5-3-2-4-6-15/h2-8,10,12-13H,9,11H2,1H3,(H2,21,22,23,24). The van der Waals surface area contributed by atoms with E-state index in [1.54, 1.807) is 6.20 Å². The minimum absolute atomic E-state index is 0.588. The Morgan fingerprint density at radius 1 is 1.04 bits per heavy atom. The van der Waals surface area contributed by atoms with Gasteiger partial charge in [0, 0.05) is 22.9 Å². The van der Waals surface area contributed by atoms with Crippen LogP contribution in [0.1, 0.15) is 11.1 Å². The van der Waals surface area contributed by atoms with Crippen molar-refractivity contribution in [2.75, 3.05) is 17.2 Å². The first-order valence-corrected chi connectivity index (χ1v) is 8.64. The second kappa shape index (κ2) is 7.93. The molecule has 0 unspecified atom stereocenters. The number of aromatic nitrogens is 2. The quantitative estimate of drug-likeness (QED) is 0.633. The van der Waals surface area contributed by atoms with Gasteiger partial charge in [0.2, 0.25) is 5.95 Å². The summed E-state index contributed by atoms with van der Waals surface area (Å²) in [5, 5.41) is 6.61. The smallest absolute Gasteiger partial charge is 0.229 e. The molecule has 0 aliphatic heterocycles. The summed E-state index contributed by atoms with van der Waals surface area (Å²) in [6.45, 7) is 2.88. The summed E-state index contributed by atoms with van der Waals surface area (Å²) in [6, 6.07) is 18.4. The highest BCUT2D eigenvalue weighted by atomic mass is 79.9. The third-order valence-corrected chi connectivity index (χ3v) is 4.15. The molecular formula is C19H19BrN4. The van der Waals surface area contributed by atoms with Gasteiger partial charge < -0.3 is 10.6 Å². The molecule has 0 aliphatic rings. The number of nitrogens with zero attached hydrogens (tertiary/aromatic N) is 2. The summed E-state index contributed by atoms with van der Waals surface area (Å²) in [5.41, 5.74) is 3.44. The molecule has 0 atom stereocenters. The van der Waals surface area contributed by atoms with Crippen LogP contribution in [-0.4, -0.2) is 16.5 Å². The lowest BCUT2D eigenvalue weighted by Gasteiger charge is -2.10. The predicted octanol–water partition coefficient (Wildman–Crippen LogP) is 4.95. The lowest BCUT2D eigenvalue weighted by molar-refractivity contribution is 1.00. The molecule has 0 bridgehead atoms. The maximum absolute atomic E-state index is 4.52. The fourth-order valence-electron chi connectivity index (χ4n) is 2.38. The first-order chi connectivity index (χ1) is 11.7. The van der Waals surface area contributed by atoms with E-state index in [1.807, 2.05) is 24.3 Å². The van der Waals surface area contributed by atoms with Gasteiger partial charge in [0.15, 0.2) is 0 Å². The molecule has 2 aromatic carbocycles. The van der Waals surface area contributed by atoms with Crippen LogP contribution >= 0.6 is 15.9 Å². The third-order valence-electron chi connectivity index (χ3n) is 3.65. The lowest BCUT2D eigenvalue weighted by Crippen LogP contribution is -2.08. The molecule has 5 heteroatoms. The number of hydrogen-bond acceptors (Lipinski definition) is 4. The van der Waals surface area contributed by atoms with Crippen molar-refractivity contribution < 1.29 is 0 Å². The molecule has 4 nitrogen and oxygen atoms in total. The molecule has 0 spiro atoms. The van der Waals surface area contributed by atoms with Crippen LogP contribution in [0.4, 0.5) is 17.5 Å². The maximum Gasteiger partial charge on any atom is 0.229 e. The highest BCUT2D eigenvalue weighted by Crippen LogP contribution is 2.22. The van der Waals surface area contributed by atoms with Crippen LogP contribution in [0.25, 0.3) is 0 Å². The van der Waals surface area contributed by atoms with E-state index in [-0.39, 0.29) is 0 Å². The fourth-order valence-corrected chi connectivity index (χ4v) is 2.86. The maximum atomic E-state index is 4.52. The fraction of sp³-hybridized carbons (Fsp3) is 0.158. The lowest BCUT2D eigenvalue weighted by atomic mass is 10.1. The molecule has 2 N–H and O–H groups in total. The van der Waals surface area contributed by atoms with Gasteiger partial charge in [-0.05, 0) is 48.7 Å². The van der Waals surface area contributed by atoms with Crippen molar-refractivity contribution in [3.8, 4) is 0 Å². The van der Waals surface area contributed by atoms with Crippen molar-refractivity contribution in [1.29, 1.82) is 0 Å². The second-order valence-electron chi connectivity index (χ2n) is 5.51. The molecule has 122 valence electrons. The number of halogens is 1. The van der Waals surface area contributed by atoms with Gasteiger partial charge in [0.25, 0.3) is 0 Å². The molecule has 1 heterocycles. The van der Waals surface area contributed by atoms with Gasteiger partial charge >= 0.3 is 0 Å². The van der Waals surface area contributed by atoms with Gasteiger partial charge in [0.05, 0.1) is 0 Å². The Kier molecular flexibility index (Phi) is 5.43. The van der Waals surface area contributed by atoms with Crippen LogP contribution in [0.15, 0.2) is 65.3 Å². The Bertz CT molecular complexity index is 805. The van der Waals surface area contributed by atoms with Crippen molar-refractivity contribution in [3.63, 3.8) is 0 Å². The molecule has 3 aromatic rings. The molecule has 0 aliphatic carbocycles. The van der Waals surface area contributed by atoms with E-state index in [9.17, 15) is 0 Å². The average Bonchev–Trinajstić information content (AvgIpc) is 2.59. The van der Waals surface area contributed by atoms with Crippen molar-refractivity contribution in [2.24, 2.45) is 0 Å². The van der Waals surface area contributed by atoms with Gasteiger partial charge in [-0.25, -0.2) is 4.98 Å². The van der Waals surface area contributed by atoms with Crippen LogP contribution in [0, 0.1) is 6.92 Å². The molecule has 0 saturated heterocycles. The van der Waals surface area contributed by atoms with E-state index in [4.69, 9.17) is 0 Å². The van der Waals surface area contributed by atoms with Crippen LogP contribution in [0.3, 0.4) is 0 Å². The van der Waals surface area contributed by atoms with Gasteiger partial charge in [-0.3, -0.25) is 0 Å². The van der Waals surface area contributed by atoms with Gasteiger partial charge in [0.1, 0.15) is 5.82 Å². The third kappa shape index (κ3) is 4.55. The van der Waals surface area contributed by atoms with Gasteiger partial charge in [-0.15, -0.1) is 0 Å². The Morgan fingerprint density at radius 2 is 1.88 bits per heavy atom. The van der Waals surface area contributed by atoms with Crippen molar-refractivity contribution in [2.45, 2.75) is 13.3 Å². The molecule has 0 saturated carbocycles. The second-order valence-corrected chi connectivity index (χ2v) is 6.43. The van der Waals surface area contributed by atoms with Crippen LogP contribution in [0.2, 0.25) is 0 Å².